The molecule has 0 radical (unpaired) electrons. The van der Waals surface area contributed by atoms with Gasteiger partial charge in [0, 0.05) is 51.4 Å². The second-order valence-corrected chi connectivity index (χ2v) is 10.5. The van der Waals surface area contributed by atoms with Crippen molar-refractivity contribution in [1.29, 1.82) is 0 Å². The fourth-order valence-corrected chi connectivity index (χ4v) is 5.49. The highest BCUT2D eigenvalue weighted by molar-refractivity contribution is 6.06. The highest BCUT2D eigenvalue weighted by Crippen LogP contribution is 2.32. The monoisotopic (exact) mass is 542 g/mol. The van der Waals surface area contributed by atoms with Crippen molar-refractivity contribution in [3.63, 3.8) is 0 Å². The van der Waals surface area contributed by atoms with Gasteiger partial charge in [0.25, 0.3) is 5.91 Å². The van der Waals surface area contributed by atoms with Gasteiger partial charge in [-0.15, -0.1) is 0 Å². The number of nitrogens with zero attached hydrogens (tertiary/aromatic N) is 4. The second kappa shape index (κ2) is 11.8. The molecule has 0 N–H and O–H groups in total. The molecule has 206 valence electrons. The molecule has 6 heteroatoms. The Morgan fingerprint density at radius 2 is 1.66 bits per heavy atom. The predicted molar refractivity (Wildman–Crippen MR) is 165 cm³/mol. The summed E-state index contributed by atoms with van der Waals surface area (Å²) in [6.45, 7) is 2.46. The van der Waals surface area contributed by atoms with Crippen LogP contribution in [0.1, 0.15) is 21.6 Å². The average Bonchev–Trinajstić information content (AvgIpc) is 3.64. The Morgan fingerprint density at radius 1 is 0.878 bits per heavy atom. The molecule has 0 spiro atoms. The Labute approximate surface area is 240 Å². The summed E-state index contributed by atoms with van der Waals surface area (Å²) in [5, 5.41) is 4.79. The molecule has 0 aliphatic heterocycles. The summed E-state index contributed by atoms with van der Waals surface area (Å²) in [7, 11) is 3.48. The summed E-state index contributed by atoms with van der Waals surface area (Å²) in [6, 6.07) is 29.7. The normalized spacial score (nSPS) is 11.4. The number of hydrogen-bond acceptors (Lipinski definition) is 3. The summed E-state index contributed by atoms with van der Waals surface area (Å²) in [6.07, 6.45) is 8.80. The van der Waals surface area contributed by atoms with E-state index in [2.05, 4.69) is 93.1 Å². The fourth-order valence-electron chi connectivity index (χ4n) is 5.49. The molecule has 0 aliphatic rings. The van der Waals surface area contributed by atoms with Crippen molar-refractivity contribution in [1.82, 2.24) is 19.0 Å². The first-order chi connectivity index (χ1) is 20.1. The number of carbonyl (C=O) groups excluding carboxylic acids is 1. The predicted octanol–water partition coefficient (Wildman–Crippen LogP) is 6.67. The maximum atomic E-state index is 13.7. The number of methoxy groups -OCH3 is 1. The molecule has 0 atom stereocenters. The number of rotatable bonds is 10. The lowest BCUT2D eigenvalue weighted by Gasteiger charge is -2.17. The van der Waals surface area contributed by atoms with Crippen molar-refractivity contribution in [2.45, 2.75) is 19.5 Å². The minimum absolute atomic E-state index is 0.0199. The summed E-state index contributed by atoms with van der Waals surface area (Å²) in [4.78, 5) is 19.8. The van der Waals surface area contributed by atoms with E-state index in [0.29, 0.717) is 25.3 Å². The molecule has 0 bridgehead atoms. The smallest absolute Gasteiger partial charge is 0.255 e. The van der Waals surface area contributed by atoms with E-state index in [4.69, 9.17) is 4.74 Å². The first-order valence-corrected chi connectivity index (χ1v) is 14.0. The van der Waals surface area contributed by atoms with E-state index in [1.54, 1.807) is 12.0 Å². The maximum absolute atomic E-state index is 13.7. The van der Waals surface area contributed by atoms with Gasteiger partial charge in [0.1, 0.15) is 0 Å². The largest absolute Gasteiger partial charge is 0.383 e. The number of carbonyl (C=O) groups is 1. The first-order valence-electron chi connectivity index (χ1n) is 14.0. The van der Waals surface area contributed by atoms with E-state index < -0.39 is 0 Å². The SMILES string of the molecule is COCCN(C)C(=O)c1cn(Cc2cncn2CCc2ccc3ccccc3c2)cc1-c1cccc2ccccc12. The highest BCUT2D eigenvalue weighted by atomic mass is 16.5. The zero-order chi connectivity index (χ0) is 28.2. The number of imidazole rings is 1. The molecular weight excluding hydrogens is 508 g/mol. The van der Waals surface area contributed by atoms with Crippen molar-refractivity contribution in [2.75, 3.05) is 27.3 Å². The third-order valence-corrected chi connectivity index (χ3v) is 7.77. The van der Waals surface area contributed by atoms with E-state index >= 15 is 0 Å². The summed E-state index contributed by atoms with van der Waals surface area (Å²) < 4.78 is 9.54. The van der Waals surface area contributed by atoms with Gasteiger partial charge in [0.05, 0.1) is 30.7 Å². The van der Waals surface area contributed by atoms with E-state index in [1.165, 1.54) is 16.3 Å². The Morgan fingerprint density at radius 3 is 2.51 bits per heavy atom. The molecule has 41 heavy (non-hydrogen) atoms. The van der Waals surface area contributed by atoms with Crippen LogP contribution in [0.25, 0.3) is 32.7 Å². The van der Waals surface area contributed by atoms with Gasteiger partial charge in [-0.1, -0.05) is 84.9 Å². The first kappa shape index (κ1) is 26.5. The molecule has 0 unspecified atom stereocenters. The molecule has 6 aromatic rings. The summed E-state index contributed by atoms with van der Waals surface area (Å²) in [5.41, 5.74) is 5.06. The quantitative estimate of drug-likeness (QED) is 0.194. The zero-order valence-corrected chi connectivity index (χ0v) is 23.5. The van der Waals surface area contributed by atoms with Crippen LogP contribution in [-0.2, 0) is 24.2 Å². The van der Waals surface area contributed by atoms with Crippen LogP contribution in [0.3, 0.4) is 0 Å². The van der Waals surface area contributed by atoms with Crippen LogP contribution in [0.4, 0.5) is 0 Å². The van der Waals surface area contributed by atoms with Gasteiger partial charge in [-0.05, 0) is 39.1 Å². The van der Waals surface area contributed by atoms with Gasteiger partial charge in [-0.25, -0.2) is 4.98 Å². The van der Waals surface area contributed by atoms with E-state index in [-0.39, 0.29) is 5.91 Å². The standard InChI is InChI=1S/C35H34N4O2/c1-37(18-19-41-2)35(40)34-24-38(23-33(34)32-13-7-11-28-9-5-6-12-31(28)32)22-30-21-36-25-39(30)17-16-26-14-15-27-8-3-4-10-29(27)20-26/h3-15,20-21,23-25H,16-19,22H2,1-2H3. The number of aromatic nitrogens is 3. The molecule has 6 nitrogen and oxygen atoms in total. The van der Waals surface area contributed by atoms with Crippen LogP contribution < -0.4 is 0 Å². The number of likely N-dealkylation sites (N-methyl/N-ethyl adjacent to an activating group) is 1. The van der Waals surface area contributed by atoms with Crippen LogP contribution in [0.2, 0.25) is 0 Å². The highest BCUT2D eigenvalue weighted by Gasteiger charge is 2.21. The van der Waals surface area contributed by atoms with Crippen LogP contribution in [0.15, 0.2) is 110 Å². The van der Waals surface area contributed by atoms with Gasteiger partial charge < -0.3 is 18.8 Å². The van der Waals surface area contributed by atoms with Crippen LogP contribution >= 0.6 is 0 Å². The van der Waals surface area contributed by atoms with Crippen molar-refractivity contribution >= 4 is 27.5 Å². The Bertz CT molecular complexity index is 1810. The van der Waals surface area contributed by atoms with Gasteiger partial charge in [-0.3, -0.25) is 4.79 Å². The molecular formula is C35H34N4O2. The number of aryl methyl sites for hydroxylation is 2. The maximum Gasteiger partial charge on any atom is 0.255 e. The lowest BCUT2D eigenvalue weighted by atomic mass is 9.97. The summed E-state index contributed by atoms with van der Waals surface area (Å²) in [5.74, 6) is -0.0199. The van der Waals surface area contributed by atoms with Gasteiger partial charge in [-0.2, -0.15) is 0 Å². The third kappa shape index (κ3) is 5.65. The number of amides is 1. The van der Waals surface area contributed by atoms with Gasteiger partial charge in [0.15, 0.2) is 0 Å². The summed E-state index contributed by atoms with van der Waals surface area (Å²) >= 11 is 0. The van der Waals surface area contributed by atoms with Crippen LogP contribution in [-0.4, -0.2) is 52.2 Å². The Kier molecular flexibility index (Phi) is 7.65. The average molecular weight is 543 g/mol. The van der Waals surface area contributed by atoms with Crippen molar-refractivity contribution < 1.29 is 9.53 Å². The fraction of sp³-hybridized carbons (Fsp3) is 0.200. The molecule has 0 saturated carbocycles. The lowest BCUT2D eigenvalue weighted by molar-refractivity contribution is 0.0745. The molecule has 2 heterocycles. The number of hydrogen-bond donors (Lipinski definition) is 0. The molecule has 0 saturated heterocycles. The van der Waals surface area contributed by atoms with Crippen LogP contribution in [0, 0.1) is 0 Å². The molecule has 4 aromatic carbocycles. The minimum atomic E-state index is -0.0199. The number of ether oxygens (including phenoxy) is 1. The zero-order valence-electron chi connectivity index (χ0n) is 23.5. The Balaban J connectivity index is 1.29. The van der Waals surface area contributed by atoms with Gasteiger partial charge in [0.2, 0.25) is 0 Å². The van der Waals surface area contributed by atoms with Crippen molar-refractivity contribution in [3.8, 4) is 11.1 Å². The third-order valence-electron chi connectivity index (χ3n) is 7.77. The van der Waals surface area contributed by atoms with Gasteiger partial charge >= 0.3 is 0 Å². The molecule has 1 amide bonds. The molecule has 0 fully saturated rings. The molecule has 0 aliphatic carbocycles. The molecule has 6 rings (SSSR count). The second-order valence-electron chi connectivity index (χ2n) is 10.5. The number of fused-ring (bicyclic) bond motifs is 2. The van der Waals surface area contributed by atoms with Crippen molar-refractivity contribution in [2.24, 2.45) is 0 Å². The lowest BCUT2D eigenvalue weighted by Crippen LogP contribution is -2.30. The van der Waals surface area contributed by atoms with E-state index in [0.717, 1.165) is 40.6 Å². The Hall–Kier alpha value is -4.68. The van der Waals surface area contributed by atoms with Crippen molar-refractivity contribution in [3.05, 3.63) is 127 Å². The minimum Gasteiger partial charge on any atom is -0.383 e. The van der Waals surface area contributed by atoms with E-state index in [1.807, 2.05) is 37.9 Å². The van der Waals surface area contributed by atoms with E-state index in [9.17, 15) is 4.79 Å². The number of benzene rings is 4. The molecule has 2 aromatic heterocycles. The topological polar surface area (TPSA) is 52.3 Å². The van der Waals surface area contributed by atoms with Crippen LogP contribution in [0.5, 0.6) is 0 Å².